The molecule has 126 valence electrons. The number of rotatable bonds is 4. The summed E-state index contributed by atoms with van der Waals surface area (Å²) in [5.74, 6) is 0.745. The summed E-state index contributed by atoms with van der Waals surface area (Å²) in [6.45, 7) is 2.08. The predicted molar refractivity (Wildman–Crippen MR) is 97.8 cm³/mol. The first-order valence-electron chi connectivity index (χ1n) is 9.21. The van der Waals surface area contributed by atoms with E-state index in [9.17, 15) is 4.79 Å². The number of piperidine rings is 1. The Balaban J connectivity index is 1.37. The van der Waals surface area contributed by atoms with E-state index in [0.29, 0.717) is 24.4 Å². The van der Waals surface area contributed by atoms with Crippen molar-refractivity contribution in [2.24, 2.45) is 5.92 Å². The van der Waals surface area contributed by atoms with Gasteiger partial charge in [-0.05, 0) is 60.9 Å². The fourth-order valence-electron chi connectivity index (χ4n) is 4.46. The largest absolute Gasteiger partial charge is 0.350 e. The predicted octanol–water partition coefficient (Wildman–Crippen LogP) is 3.94. The lowest BCUT2D eigenvalue weighted by atomic mass is 9.89. The summed E-state index contributed by atoms with van der Waals surface area (Å²) < 4.78 is 0. The summed E-state index contributed by atoms with van der Waals surface area (Å²) in [4.78, 5) is 12.5. The molecule has 0 aliphatic carbocycles. The van der Waals surface area contributed by atoms with Gasteiger partial charge in [0, 0.05) is 18.5 Å². The Labute approximate surface area is 143 Å². The van der Waals surface area contributed by atoms with Gasteiger partial charge in [-0.15, -0.1) is 0 Å². The molecule has 3 unspecified atom stereocenters. The molecule has 2 fully saturated rings. The van der Waals surface area contributed by atoms with E-state index in [4.69, 9.17) is 0 Å². The Bertz CT molecular complexity index is 729. The van der Waals surface area contributed by atoms with Crippen molar-refractivity contribution < 1.29 is 4.79 Å². The van der Waals surface area contributed by atoms with Gasteiger partial charge in [-0.2, -0.15) is 0 Å². The van der Waals surface area contributed by atoms with E-state index in [-0.39, 0.29) is 11.9 Å². The molecule has 2 aromatic rings. The number of amides is 1. The molecule has 2 saturated heterocycles. The minimum atomic E-state index is 0.0561. The lowest BCUT2D eigenvalue weighted by Crippen LogP contribution is -2.40. The first-order chi connectivity index (χ1) is 11.7. The molecule has 2 N–H and O–H groups in total. The molecule has 3 heteroatoms. The van der Waals surface area contributed by atoms with Crippen LogP contribution >= 0.6 is 0 Å². The molecule has 0 spiro atoms. The second-order valence-electron chi connectivity index (χ2n) is 7.58. The van der Waals surface area contributed by atoms with Crippen molar-refractivity contribution in [3.8, 4) is 0 Å². The fourth-order valence-corrected chi connectivity index (χ4v) is 4.46. The minimum Gasteiger partial charge on any atom is -0.350 e. The third-order valence-electron chi connectivity index (χ3n) is 5.70. The van der Waals surface area contributed by atoms with Crippen molar-refractivity contribution in [1.29, 1.82) is 0 Å². The van der Waals surface area contributed by atoms with Gasteiger partial charge in [0.25, 0.3) is 0 Å². The van der Waals surface area contributed by atoms with Crippen LogP contribution in [0.1, 0.15) is 50.6 Å². The Morgan fingerprint density at radius 3 is 2.58 bits per heavy atom. The zero-order valence-corrected chi connectivity index (χ0v) is 14.3. The summed E-state index contributed by atoms with van der Waals surface area (Å²) in [6.07, 6.45) is 5.57. The maximum Gasteiger partial charge on any atom is 0.220 e. The first-order valence-corrected chi connectivity index (χ1v) is 9.21. The van der Waals surface area contributed by atoms with E-state index in [1.54, 1.807) is 0 Å². The van der Waals surface area contributed by atoms with Crippen molar-refractivity contribution in [2.45, 2.75) is 57.2 Å². The third kappa shape index (κ3) is 3.32. The van der Waals surface area contributed by atoms with Crippen LogP contribution in [0.4, 0.5) is 0 Å². The molecule has 2 aliphatic rings. The van der Waals surface area contributed by atoms with Crippen molar-refractivity contribution in [3.63, 3.8) is 0 Å². The number of hydrogen-bond acceptors (Lipinski definition) is 2. The lowest BCUT2D eigenvalue weighted by Gasteiger charge is -2.29. The van der Waals surface area contributed by atoms with E-state index in [0.717, 1.165) is 12.8 Å². The fraction of sp³-hybridized carbons (Fsp3) is 0.476. The van der Waals surface area contributed by atoms with Gasteiger partial charge in [0.05, 0.1) is 6.04 Å². The second-order valence-corrected chi connectivity index (χ2v) is 7.58. The highest BCUT2D eigenvalue weighted by atomic mass is 16.1. The Hall–Kier alpha value is -1.87. The van der Waals surface area contributed by atoms with Crippen LogP contribution in [-0.4, -0.2) is 18.0 Å². The van der Waals surface area contributed by atoms with Crippen molar-refractivity contribution in [2.75, 3.05) is 0 Å². The van der Waals surface area contributed by atoms with Crippen LogP contribution in [0.5, 0.6) is 0 Å². The summed E-state index contributed by atoms with van der Waals surface area (Å²) in [7, 11) is 0. The molecule has 0 aromatic heterocycles. The van der Waals surface area contributed by atoms with Crippen LogP contribution in [0.25, 0.3) is 10.8 Å². The number of carbonyl (C=O) groups excluding carboxylic acids is 1. The summed E-state index contributed by atoms with van der Waals surface area (Å²) in [5, 5.41) is 9.31. The average Bonchev–Trinajstić information content (AvgIpc) is 2.92. The highest BCUT2D eigenvalue weighted by Crippen LogP contribution is 2.32. The molecule has 2 heterocycles. The zero-order valence-electron chi connectivity index (χ0n) is 14.3. The summed E-state index contributed by atoms with van der Waals surface area (Å²) >= 11 is 0. The second kappa shape index (κ2) is 6.56. The number of nitrogens with one attached hydrogen (secondary N) is 2. The quantitative estimate of drug-likeness (QED) is 0.895. The van der Waals surface area contributed by atoms with Gasteiger partial charge in [-0.3, -0.25) is 4.79 Å². The molecule has 24 heavy (non-hydrogen) atoms. The standard InChI is InChI=1S/C21H26N2O/c1-14(17-7-6-16-4-2-3-5-18(16)13-17)22-21(24)12-15-10-19-8-9-20(11-15)23-19/h2-7,13-15,19-20,23H,8-12H2,1H3,(H,22,24). The number of benzene rings is 2. The van der Waals surface area contributed by atoms with E-state index in [2.05, 4.69) is 60.0 Å². The summed E-state index contributed by atoms with van der Waals surface area (Å²) in [6, 6.07) is 16.2. The molecule has 4 rings (SSSR count). The molecule has 1 amide bonds. The van der Waals surface area contributed by atoms with E-state index >= 15 is 0 Å². The van der Waals surface area contributed by atoms with Crippen LogP contribution < -0.4 is 10.6 Å². The molecule has 0 radical (unpaired) electrons. The van der Waals surface area contributed by atoms with Crippen LogP contribution in [-0.2, 0) is 4.79 Å². The lowest BCUT2D eigenvalue weighted by molar-refractivity contribution is -0.122. The molecule has 3 atom stereocenters. The topological polar surface area (TPSA) is 41.1 Å². The van der Waals surface area contributed by atoms with Crippen LogP contribution in [0.2, 0.25) is 0 Å². The first kappa shape index (κ1) is 15.6. The molecule has 0 saturated carbocycles. The monoisotopic (exact) mass is 322 g/mol. The van der Waals surface area contributed by atoms with Crippen LogP contribution in [0, 0.1) is 5.92 Å². The van der Waals surface area contributed by atoms with Gasteiger partial charge in [-0.25, -0.2) is 0 Å². The molecule has 3 nitrogen and oxygen atoms in total. The highest BCUT2D eigenvalue weighted by molar-refractivity contribution is 5.83. The van der Waals surface area contributed by atoms with Gasteiger partial charge in [-0.1, -0.05) is 36.4 Å². The highest BCUT2D eigenvalue weighted by Gasteiger charge is 2.34. The van der Waals surface area contributed by atoms with Crippen molar-refractivity contribution in [3.05, 3.63) is 48.0 Å². The van der Waals surface area contributed by atoms with Gasteiger partial charge in [0.2, 0.25) is 5.91 Å². The van der Waals surface area contributed by atoms with Gasteiger partial charge >= 0.3 is 0 Å². The molecule has 2 aliphatic heterocycles. The van der Waals surface area contributed by atoms with Gasteiger partial charge < -0.3 is 10.6 Å². The maximum atomic E-state index is 12.5. The SMILES string of the molecule is CC(NC(=O)CC1CC2CCC(C1)N2)c1ccc2ccccc2c1. The van der Waals surface area contributed by atoms with E-state index < -0.39 is 0 Å². The summed E-state index contributed by atoms with van der Waals surface area (Å²) in [5.41, 5.74) is 1.17. The Kier molecular flexibility index (Phi) is 4.28. The Morgan fingerprint density at radius 2 is 1.83 bits per heavy atom. The van der Waals surface area contributed by atoms with E-state index in [1.807, 2.05) is 0 Å². The molecule has 2 aromatic carbocycles. The normalized spacial score (nSPS) is 27.1. The van der Waals surface area contributed by atoms with Gasteiger partial charge in [0.1, 0.15) is 0 Å². The van der Waals surface area contributed by atoms with Gasteiger partial charge in [0.15, 0.2) is 0 Å². The third-order valence-corrected chi connectivity index (χ3v) is 5.70. The average molecular weight is 322 g/mol. The molecule has 2 bridgehead atoms. The smallest absolute Gasteiger partial charge is 0.220 e. The molecular weight excluding hydrogens is 296 g/mol. The van der Waals surface area contributed by atoms with Crippen molar-refractivity contribution in [1.82, 2.24) is 10.6 Å². The zero-order chi connectivity index (χ0) is 16.5. The molecular formula is C21H26N2O. The number of hydrogen-bond donors (Lipinski definition) is 2. The maximum absolute atomic E-state index is 12.5. The van der Waals surface area contributed by atoms with Crippen molar-refractivity contribution >= 4 is 16.7 Å². The van der Waals surface area contributed by atoms with Crippen LogP contribution in [0.3, 0.4) is 0 Å². The van der Waals surface area contributed by atoms with E-state index in [1.165, 1.54) is 29.2 Å². The number of fused-ring (bicyclic) bond motifs is 3. The number of carbonyl (C=O) groups is 1. The van der Waals surface area contributed by atoms with Crippen LogP contribution in [0.15, 0.2) is 42.5 Å². The minimum absolute atomic E-state index is 0.0561. The Morgan fingerprint density at radius 1 is 1.12 bits per heavy atom.